The van der Waals surface area contributed by atoms with Gasteiger partial charge in [0.25, 0.3) is 0 Å². The first-order valence-corrected chi connectivity index (χ1v) is 6.20. The molecule has 2 aliphatic rings. The maximum Gasteiger partial charge on any atom is 0.324 e. The minimum atomic E-state index is 0.0179. The number of anilines is 1. The largest absolute Gasteiger partial charge is 0.467 e. The van der Waals surface area contributed by atoms with Gasteiger partial charge in [-0.2, -0.15) is 9.97 Å². The number of methoxy groups -OCH3 is 2. The fourth-order valence-corrected chi connectivity index (χ4v) is 2.66. The number of hydrogen-bond acceptors (Lipinski definition) is 8. The molecule has 104 valence electrons. The van der Waals surface area contributed by atoms with Crippen LogP contribution < -0.4 is 20.5 Å². The lowest BCUT2D eigenvalue weighted by Crippen LogP contribution is -2.65. The highest BCUT2D eigenvalue weighted by molar-refractivity contribution is 5.33. The molecule has 0 aromatic carbocycles. The molecule has 1 aliphatic carbocycles. The van der Waals surface area contributed by atoms with Gasteiger partial charge in [-0.3, -0.25) is 0 Å². The van der Waals surface area contributed by atoms with Crippen molar-refractivity contribution in [1.29, 1.82) is 0 Å². The SMILES string of the molecule is COc1nc(NC2C(N)C3CCOC32)nc(OC)n1. The summed E-state index contributed by atoms with van der Waals surface area (Å²) in [6.45, 7) is 0.769. The highest BCUT2D eigenvalue weighted by Gasteiger charge is 2.52. The van der Waals surface area contributed by atoms with Crippen LogP contribution in [0.2, 0.25) is 0 Å². The lowest BCUT2D eigenvalue weighted by Gasteiger charge is -2.45. The van der Waals surface area contributed by atoms with Gasteiger partial charge in [0.1, 0.15) is 0 Å². The van der Waals surface area contributed by atoms with E-state index in [9.17, 15) is 0 Å². The van der Waals surface area contributed by atoms with Crippen molar-refractivity contribution >= 4 is 5.95 Å². The van der Waals surface area contributed by atoms with Crippen molar-refractivity contribution in [3.05, 3.63) is 0 Å². The minimum Gasteiger partial charge on any atom is -0.467 e. The molecule has 0 amide bonds. The van der Waals surface area contributed by atoms with Gasteiger partial charge in [0.2, 0.25) is 5.95 Å². The van der Waals surface area contributed by atoms with Crippen LogP contribution in [0.5, 0.6) is 12.0 Å². The van der Waals surface area contributed by atoms with E-state index in [1.165, 1.54) is 14.2 Å². The molecule has 1 aliphatic heterocycles. The first-order valence-electron chi connectivity index (χ1n) is 6.20. The molecule has 0 bridgehead atoms. The van der Waals surface area contributed by atoms with Crippen LogP contribution in [0.15, 0.2) is 0 Å². The molecule has 3 N–H and O–H groups in total. The van der Waals surface area contributed by atoms with Gasteiger partial charge in [-0.1, -0.05) is 0 Å². The Morgan fingerprint density at radius 3 is 2.53 bits per heavy atom. The summed E-state index contributed by atoms with van der Waals surface area (Å²) in [5.41, 5.74) is 6.12. The summed E-state index contributed by atoms with van der Waals surface area (Å²) in [5.74, 6) is 0.821. The van der Waals surface area contributed by atoms with Gasteiger partial charge in [-0.05, 0) is 6.42 Å². The van der Waals surface area contributed by atoms with Crippen LogP contribution in [0.1, 0.15) is 6.42 Å². The molecule has 19 heavy (non-hydrogen) atoms. The van der Waals surface area contributed by atoms with Crippen LogP contribution in [-0.2, 0) is 4.74 Å². The molecule has 0 radical (unpaired) electrons. The minimum absolute atomic E-state index is 0.0179. The predicted octanol–water partition coefficient (Wildman–Crippen LogP) is -0.585. The molecule has 2 heterocycles. The fraction of sp³-hybridized carbons (Fsp3) is 0.727. The maximum atomic E-state index is 6.12. The van der Waals surface area contributed by atoms with Gasteiger partial charge in [-0.15, -0.1) is 4.98 Å². The molecule has 1 aromatic rings. The molecular formula is C11H17N5O3. The van der Waals surface area contributed by atoms with E-state index in [4.69, 9.17) is 19.9 Å². The average Bonchev–Trinajstić information content (AvgIpc) is 2.89. The van der Waals surface area contributed by atoms with Crippen molar-refractivity contribution in [3.8, 4) is 12.0 Å². The lowest BCUT2D eigenvalue weighted by atomic mass is 9.72. The number of nitrogens with zero attached hydrogens (tertiary/aromatic N) is 3. The summed E-state index contributed by atoms with van der Waals surface area (Å²) >= 11 is 0. The summed E-state index contributed by atoms with van der Waals surface area (Å²) < 4.78 is 15.6. The van der Waals surface area contributed by atoms with E-state index in [0.29, 0.717) is 11.9 Å². The van der Waals surface area contributed by atoms with E-state index in [1.807, 2.05) is 0 Å². The van der Waals surface area contributed by atoms with Crippen LogP contribution in [0, 0.1) is 5.92 Å². The zero-order valence-electron chi connectivity index (χ0n) is 10.9. The average molecular weight is 267 g/mol. The van der Waals surface area contributed by atoms with Gasteiger partial charge in [-0.25, -0.2) is 0 Å². The molecule has 8 heteroatoms. The highest BCUT2D eigenvalue weighted by Crippen LogP contribution is 2.39. The van der Waals surface area contributed by atoms with Crippen molar-refractivity contribution in [3.63, 3.8) is 0 Å². The number of nitrogens with one attached hydrogen (secondary N) is 1. The molecule has 0 spiro atoms. The molecule has 1 aromatic heterocycles. The maximum absolute atomic E-state index is 6.12. The second-order valence-electron chi connectivity index (χ2n) is 4.67. The van der Waals surface area contributed by atoms with Crippen LogP contribution >= 0.6 is 0 Å². The van der Waals surface area contributed by atoms with Crippen molar-refractivity contribution in [1.82, 2.24) is 15.0 Å². The zero-order chi connectivity index (χ0) is 13.4. The topological polar surface area (TPSA) is 104 Å². The number of rotatable bonds is 4. The Morgan fingerprint density at radius 1 is 1.21 bits per heavy atom. The van der Waals surface area contributed by atoms with Crippen LogP contribution in [0.25, 0.3) is 0 Å². The monoisotopic (exact) mass is 267 g/mol. The highest BCUT2D eigenvalue weighted by atomic mass is 16.5. The van der Waals surface area contributed by atoms with E-state index >= 15 is 0 Å². The molecule has 1 saturated carbocycles. The third kappa shape index (κ3) is 2.06. The van der Waals surface area contributed by atoms with Gasteiger partial charge in [0.05, 0.1) is 26.4 Å². The standard InChI is InChI=1S/C11H17N5O3/c1-17-10-14-9(15-11(16-10)18-2)13-7-6(12)5-3-4-19-8(5)7/h5-8H,3-4,12H2,1-2H3,(H,13,14,15,16). The molecule has 4 unspecified atom stereocenters. The quantitative estimate of drug-likeness (QED) is 0.746. The molecule has 2 fully saturated rings. The first-order chi connectivity index (χ1) is 9.22. The third-order valence-corrected chi connectivity index (χ3v) is 3.70. The normalized spacial score (nSPS) is 32.4. The lowest BCUT2D eigenvalue weighted by molar-refractivity contribution is 0.00504. The molecule has 8 nitrogen and oxygen atoms in total. The van der Waals surface area contributed by atoms with Gasteiger partial charge < -0.3 is 25.3 Å². The first kappa shape index (κ1) is 12.4. The van der Waals surface area contributed by atoms with Gasteiger partial charge >= 0.3 is 12.0 Å². The molecular weight excluding hydrogens is 250 g/mol. The Bertz CT molecular complexity index is 449. The van der Waals surface area contributed by atoms with E-state index in [1.54, 1.807) is 0 Å². The second kappa shape index (κ2) is 4.78. The van der Waals surface area contributed by atoms with Crippen LogP contribution in [0.4, 0.5) is 5.95 Å². The van der Waals surface area contributed by atoms with E-state index in [0.717, 1.165) is 13.0 Å². The number of fused-ring (bicyclic) bond motifs is 1. The summed E-state index contributed by atoms with van der Waals surface area (Å²) in [7, 11) is 2.98. The van der Waals surface area contributed by atoms with Crippen molar-refractivity contribution in [2.24, 2.45) is 11.7 Å². The summed E-state index contributed by atoms with van der Waals surface area (Å²) in [4.78, 5) is 12.2. The van der Waals surface area contributed by atoms with Gasteiger partial charge in [0, 0.05) is 18.6 Å². The Hall–Kier alpha value is -1.67. The number of aromatic nitrogens is 3. The molecule has 4 atom stereocenters. The predicted molar refractivity (Wildman–Crippen MR) is 66.2 cm³/mol. The van der Waals surface area contributed by atoms with Crippen molar-refractivity contribution in [2.45, 2.75) is 24.6 Å². The van der Waals surface area contributed by atoms with Crippen LogP contribution in [0.3, 0.4) is 0 Å². The van der Waals surface area contributed by atoms with Crippen LogP contribution in [-0.4, -0.2) is 54.0 Å². The Balaban J connectivity index is 1.76. The Kier molecular flexibility index (Phi) is 3.11. The number of hydrogen-bond donors (Lipinski definition) is 2. The Labute approximate surface area is 110 Å². The summed E-state index contributed by atoms with van der Waals surface area (Å²) in [5, 5.41) is 3.18. The summed E-state index contributed by atoms with van der Waals surface area (Å²) in [6.07, 6.45) is 1.16. The van der Waals surface area contributed by atoms with E-state index < -0.39 is 0 Å². The second-order valence-corrected chi connectivity index (χ2v) is 4.67. The third-order valence-electron chi connectivity index (χ3n) is 3.70. The number of ether oxygens (including phenoxy) is 3. The smallest absolute Gasteiger partial charge is 0.324 e. The number of nitrogens with two attached hydrogens (primary N) is 1. The fourth-order valence-electron chi connectivity index (χ4n) is 2.66. The molecule has 3 rings (SSSR count). The van der Waals surface area contributed by atoms with E-state index in [2.05, 4.69) is 20.3 Å². The van der Waals surface area contributed by atoms with Crippen molar-refractivity contribution < 1.29 is 14.2 Å². The van der Waals surface area contributed by atoms with E-state index in [-0.39, 0.29) is 30.2 Å². The Morgan fingerprint density at radius 2 is 1.89 bits per heavy atom. The molecule has 1 saturated heterocycles. The van der Waals surface area contributed by atoms with Crippen molar-refractivity contribution in [2.75, 3.05) is 26.1 Å². The summed E-state index contributed by atoms with van der Waals surface area (Å²) in [6, 6.07) is 0.475. The van der Waals surface area contributed by atoms with Gasteiger partial charge in [0.15, 0.2) is 0 Å². The zero-order valence-corrected chi connectivity index (χ0v) is 10.9.